The molecule has 2 amide bonds. The summed E-state index contributed by atoms with van der Waals surface area (Å²) in [5, 5.41) is 3.31. The maximum Gasteiger partial charge on any atom is 0.232 e. The minimum Gasteiger partial charge on any atom is -0.308 e. The number of rotatable bonds is 5. The Morgan fingerprint density at radius 2 is 1.96 bits per heavy atom. The van der Waals surface area contributed by atoms with Crippen LogP contribution in [0.5, 0.6) is 0 Å². The molecule has 26 heavy (non-hydrogen) atoms. The third-order valence-electron chi connectivity index (χ3n) is 4.07. The third kappa shape index (κ3) is 3.88. The molecule has 0 atom stereocenters. The molecule has 0 spiro atoms. The van der Waals surface area contributed by atoms with Gasteiger partial charge in [0.05, 0.1) is 16.3 Å². The lowest BCUT2D eigenvalue weighted by Crippen LogP contribution is -2.36. The van der Waals surface area contributed by atoms with E-state index in [9.17, 15) is 9.59 Å². The molecule has 9 heteroatoms. The van der Waals surface area contributed by atoms with Crippen molar-refractivity contribution in [3.63, 3.8) is 0 Å². The predicted molar refractivity (Wildman–Crippen MR) is 101 cm³/mol. The highest BCUT2D eigenvalue weighted by Gasteiger charge is 2.25. The summed E-state index contributed by atoms with van der Waals surface area (Å²) in [4.78, 5) is 41.5. The lowest BCUT2D eigenvalue weighted by Gasteiger charge is -2.23. The monoisotopic (exact) mass is 374 g/mol. The Morgan fingerprint density at radius 1 is 1.19 bits per heavy atom. The molecule has 2 aromatic heterocycles. The molecule has 8 nitrogen and oxygen atoms in total. The summed E-state index contributed by atoms with van der Waals surface area (Å²) >= 11 is 1.41. The Kier molecular flexibility index (Phi) is 5.28. The van der Waals surface area contributed by atoms with Crippen molar-refractivity contribution >= 4 is 34.2 Å². The number of aryl methyl sites for hydroxylation is 2. The van der Waals surface area contributed by atoms with Crippen molar-refractivity contribution in [2.45, 2.75) is 26.7 Å². The fraction of sp³-hybridized carbons (Fsp3) is 0.471. The minimum atomic E-state index is -0.147. The second-order valence-electron chi connectivity index (χ2n) is 6.49. The van der Waals surface area contributed by atoms with Crippen LogP contribution in [-0.2, 0) is 22.4 Å². The SMILES string of the molecule is CC(=O)Nc1nc2c(s1)-c1nc(N(CCN(C)C)C(C)=O)ncc1CC2. The van der Waals surface area contributed by atoms with Crippen molar-refractivity contribution < 1.29 is 9.59 Å². The molecule has 0 radical (unpaired) electrons. The highest BCUT2D eigenvalue weighted by atomic mass is 32.1. The van der Waals surface area contributed by atoms with Crippen LogP contribution in [-0.4, -0.2) is 58.9 Å². The topological polar surface area (TPSA) is 91.3 Å². The van der Waals surface area contributed by atoms with E-state index in [-0.39, 0.29) is 11.8 Å². The van der Waals surface area contributed by atoms with Gasteiger partial charge in [0.25, 0.3) is 0 Å². The molecule has 0 fully saturated rings. The second kappa shape index (κ2) is 7.46. The highest BCUT2D eigenvalue weighted by Crippen LogP contribution is 2.38. The molecule has 2 heterocycles. The molecule has 138 valence electrons. The fourth-order valence-electron chi connectivity index (χ4n) is 2.77. The van der Waals surface area contributed by atoms with Crippen molar-refractivity contribution in [2.75, 3.05) is 37.4 Å². The van der Waals surface area contributed by atoms with E-state index in [0.29, 0.717) is 17.6 Å². The average Bonchev–Trinajstić information content (AvgIpc) is 2.96. The van der Waals surface area contributed by atoms with E-state index < -0.39 is 0 Å². The summed E-state index contributed by atoms with van der Waals surface area (Å²) in [6.07, 6.45) is 3.38. The van der Waals surface area contributed by atoms with E-state index in [4.69, 9.17) is 0 Å². The van der Waals surface area contributed by atoms with Gasteiger partial charge in [-0.1, -0.05) is 11.3 Å². The molecule has 1 N–H and O–H groups in total. The molecule has 0 saturated carbocycles. The van der Waals surface area contributed by atoms with Gasteiger partial charge >= 0.3 is 0 Å². The summed E-state index contributed by atoms with van der Waals surface area (Å²) in [6, 6.07) is 0. The highest BCUT2D eigenvalue weighted by molar-refractivity contribution is 7.19. The average molecular weight is 374 g/mol. The molecule has 0 saturated heterocycles. The van der Waals surface area contributed by atoms with E-state index in [2.05, 4.69) is 20.3 Å². The van der Waals surface area contributed by atoms with Gasteiger partial charge in [-0.25, -0.2) is 15.0 Å². The first-order chi connectivity index (χ1) is 12.3. The predicted octanol–water partition coefficient (Wildman–Crippen LogP) is 1.57. The number of hydrogen-bond acceptors (Lipinski definition) is 7. The Labute approximate surface area is 156 Å². The number of thiazole rings is 1. The third-order valence-corrected chi connectivity index (χ3v) is 5.09. The maximum absolute atomic E-state index is 12.1. The Morgan fingerprint density at radius 3 is 2.62 bits per heavy atom. The van der Waals surface area contributed by atoms with Crippen molar-refractivity contribution in [2.24, 2.45) is 0 Å². The van der Waals surface area contributed by atoms with E-state index >= 15 is 0 Å². The van der Waals surface area contributed by atoms with Crippen LogP contribution in [0.2, 0.25) is 0 Å². The van der Waals surface area contributed by atoms with Crippen LogP contribution < -0.4 is 10.2 Å². The number of nitrogens with one attached hydrogen (secondary N) is 1. The number of carbonyl (C=O) groups is 2. The number of anilines is 2. The molecule has 1 aliphatic carbocycles. The molecule has 0 aliphatic heterocycles. The van der Waals surface area contributed by atoms with Gasteiger partial charge in [-0.05, 0) is 32.5 Å². The van der Waals surface area contributed by atoms with Crippen molar-refractivity contribution in [3.05, 3.63) is 17.5 Å². The largest absolute Gasteiger partial charge is 0.308 e. The molecular formula is C17H22N6O2S. The van der Waals surface area contributed by atoms with Gasteiger partial charge in [0.2, 0.25) is 17.8 Å². The van der Waals surface area contributed by atoms with Gasteiger partial charge in [0.15, 0.2) is 5.13 Å². The normalized spacial score (nSPS) is 12.5. The van der Waals surface area contributed by atoms with E-state index in [0.717, 1.165) is 41.2 Å². The lowest BCUT2D eigenvalue weighted by atomic mass is 10.00. The van der Waals surface area contributed by atoms with Crippen LogP contribution >= 0.6 is 11.3 Å². The molecule has 2 aromatic rings. The number of likely N-dealkylation sites (N-methyl/N-ethyl adjacent to an activating group) is 1. The second-order valence-corrected chi connectivity index (χ2v) is 7.49. The first kappa shape index (κ1) is 18.4. The van der Waals surface area contributed by atoms with Gasteiger partial charge in [-0.3, -0.25) is 14.5 Å². The van der Waals surface area contributed by atoms with Crippen LogP contribution in [0.15, 0.2) is 6.20 Å². The van der Waals surface area contributed by atoms with Gasteiger partial charge in [0.1, 0.15) is 0 Å². The molecule has 0 bridgehead atoms. The van der Waals surface area contributed by atoms with Gasteiger partial charge in [-0.2, -0.15) is 0 Å². The Balaban J connectivity index is 1.96. The molecule has 3 rings (SSSR count). The van der Waals surface area contributed by atoms with Crippen LogP contribution in [0, 0.1) is 0 Å². The van der Waals surface area contributed by atoms with Gasteiger partial charge in [0, 0.05) is 33.1 Å². The van der Waals surface area contributed by atoms with Crippen molar-refractivity contribution in [1.29, 1.82) is 0 Å². The lowest BCUT2D eigenvalue weighted by molar-refractivity contribution is -0.116. The number of hydrogen-bond donors (Lipinski definition) is 1. The molecule has 1 aliphatic rings. The van der Waals surface area contributed by atoms with E-state index in [1.54, 1.807) is 11.1 Å². The zero-order valence-electron chi connectivity index (χ0n) is 15.4. The van der Waals surface area contributed by atoms with Crippen molar-refractivity contribution in [3.8, 4) is 10.6 Å². The Hall–Kier alpha value is -2.39. The summed E-state index contributed by atoms with van der Waals surface area (Å²) in [6.45, 7) is 4.22. The summed E-state index contributed by atoms with van der Waals surface area (Å²) in [5.41, 5.74) is 2.77. The minimum absolute atomic E-state index is 0.0916. The number of aromatic nitrogens is 3. The van der Waals surface area contributed by atoms with E-state index in [1.807, 2.05) is 19.0 Å². The van der Waals surface area contributed by atoms with Crippen molar-refractivity contribution in [1.82, 2.24) is 19.9 Å². The first-order valence-corrected chi connectivity index (χ1v) is 9.23. The number of nitrogens with zero attached hydrogens (tertiary/aromatic N) is 5. The summed E-state index contributed by atoms with van der Waals surface area (Å²) in [7, 11) is 3.92. The van der Waals surface area contributed by atoms with Crippen LogP contribution in [0.3, 0.4) is 0 Å². The van der Waals surface area contributed by atoms with Crippen LogP contribution in [0.1, 0.15) is 25.1 Å². The summed E-state index contributed by atoms with van der Waals surface area (Å²) in [5.74, 6) is 0.164. The maximum atomic E-state index is 12.1. The molecular weight excluding hydrogens is 352 g/mol. The molecule has 0 aromatic carbocycles. The zero-order chi connectivity index (χ0) is 18.8. The smallest absolute Gasteiger partial charge is 0.232 e. The van der Waals surface area contributed by atoms with Crippen LogP contribution in [0.4, 0.5) is 11.1 Å². The number of amides is 2. The summed E-state index contributed by atoms with van der Waals surface area (Å²) < 4.78 is 0. The van der Waals surface area contributed by atoms with Crippen LogP contribution in [0.25, 0.3) is 10.6 Å². The standard InChI is InChI=1S/C17H22N6O2S/c1-10(24)19-17-20-13-6-5-12-9-18-16(21-14(12)15(13)26-17)23(11(2)25)8-7-22(3)4/h9H,5-8H2,1-4H3,(H,19,20,24). The number of carbonyl (C=O) groups excluding carboxylic acids is 2. The molecule has 0 unspecified atom stereocenters. The first-order valence-electron chi connectivity index (χ1n) is 8.41. The number of fused-ring (bicyclic) bond motifs is 3. The van der Waals surface area contributed by atoms with E-state index in [1.165, 1.54) is 25.2 Å². The van der Waals surface area contributed by atoms with Gasteiger partial charge in [-0.15, -0.1) is 0 Å². The van der Waals surface area contributed by atoms with Gasteiger partial charge < -0.3 is 10.2 Å². The Bertz CT molecular complexity index is 848. The fourth-order valence-corrected chi connectivity index (χ4v) is 3.85. The zero-order valence-corrected chi connectivity index (χ0v) is 16.2. The quantitative estimate of drug-likeness (QED) is 0.854.